The van der Waals surface area contributed by atoms with Gasteiger partial charge < -0.3 is 15.0 Å². The van der Waals surface area contributed by atoms with Gasteiger partial charge >= 0.3 is 0 Å². The zero-order valence-electron chi connectivity index (χ0n) is 13.4. The Morgan fingerprint density at radius 2 is 1.88 bits per heavy atom. The fourth-order valence-corrected chi connectivity index (χ4v) is 3.48. The monoisotopic (exact) mass is 330 g/mol. The molecule has 5 heteroatoms. The molecule has 24 heavy (non-hydrogen) atoms. The number of anilines is 1. The summed E-state index contributed by atoms with van der Waals surface area (Å²) < 4.78 is 33.3. The maximum atomic E-state index is 14.0. The van der Waals surface area contributed by atoms with Gasteiger partial charge in [0, 0.05) is 12.1 Å². The summed E-state index contributed by atoms with van der Waals surface area (Å²) in [5.74, 6) is -0.711. The van der Waals surface area contributed by atoms with Crippen LogP contribution in [0.1, 0.15) is 16.7 Å². The summed E-state index contributed by atoms with van der Waals surface area (Å²) in [6.45, 7) is 3.51. The van der Waals surface area contributed by atoms with Crippen LogP contribution in [0.15, 0.2) is 30.3 Å². The second-order valence-electron chi connectivity index (χ2n) is 6.32. The lowest BCUT2D eigenvalue weighted by molar-refractivity contribution is 0.306. The zero-order valence-corrected chi connectivity index (χ0v) is 13.4. The highest BCUT2D eigenvalue weighted by molar-refractivity contribution is 5.63. The molecule has 0 radical (unpaired) electrons. The van der Waals surface area contributed by atoms with E-state index < -0.39 is 11.6 Å². The second kappa shape index (κ2) is 6.40. The molecule has 0 saturated heterocycles. The SMILES string of the molecule is Fc1cccc(CN2CCOc3cc4c(cc32)CCNCC4)c1F. The minimum absolute atomic E-state index is 0.344. The number of hydrogen-bond acceptors (Lipinski definition) is 3. The van der Waals surface area contributed by atoms with Crippen LogP contribution in [0.25, 0.3) is 0 Å². The first-order valence-corrected chi connectivity index (χ1v) is 8.39. The van der Waals surface area contributed by atoms with E-state index in [1.54, 1.807) is 12.1 Å². The lowest BCUT2D eigenvalue weighted by Gasteiger charge is -2.32. The molecule has 0 atom stereocenters. The molecular formula is C19H20F2N2O. The number of rotatable bonds is 2. The molecule has 0 amide bonds. The molecule has 0 aliphatic carbocycles. The fourth-order valence-electron chi connectivity index (χ4n) is 3.48. The first-order valence-electron chi connectivity index (χ1n) is 8.39. The molecule has 126 valence electrons. The number of benzene rings is 2. The predicted octanol–water partition coefficient (Wildman–Crippen LogP) is 3.05. The molecule has 2 aliphatic heterocycles. The first kappa shape index (κ1) is 15.4. The average Bonchev–Trinajstić information content (AvgIpc) is 2.82. The Morgan fingerprint density at radius 1 is 1.08 bits per heavy atom. The molecule has 0 saturated carbocycles. The summed E-state index contributed by atoms with van der Waals surface area (Å²) in [5, 5.41) is 3.40. The molecule has 1 N–H and O–H groups in total. The van der Waals surface area contributed by atoms with Gasteiger partial charge in [-0.15, -0.1) is 0 Å². The van der Waals surface area contributed by atoms with E-state index in [1.807, 2.05) is 0 Å². The summed E-state index contributed by atoms with van der Waals surface area (Å²) >= 11 is 0. The van der Waals surface area contributed by atoms with Crippen molar-refractivity contribution in [3.05, 3.63) is 58.7 Å². The first-order chi connectivity index (χ1) is 11.7. The van der Waals surface area contributed by atoms with Crippen molar-refractivity contribution in [3.8, 4) is 5.75 Å². The Labute approximate surface area is 140 Å². The van der Waals surface area contributed by atoms with E-state index in [9.17, 15) is 8.78 Å². The van der Waals surface area contributed by atoms with Crippen LogP contribution in [0.4, 0.5) is 14.5 Å². The van der Waals surface area contributed by atoms with Crippen LogP contribution in [0.5, 0.6) is 5.75 Å². The highest BCUT2D eigenvalue weighted by atomic mass is 19.2. The van der Waals surface area contributed by atoms with Crippen LogP contribution in [0.2, 0.25) is 0 Å². The molecule has 0 unspecified atom stereocenters. The van der Waals surface area contributed by atoms with Crippen LogP contribution in [-0.2, 0) is 19.4 Å². The highest BCUT2D eigenvalue weighted by Crippen LogP contribution is 2.36. The Kier molecular flexibility index (Phi) is 4.10. The normalized spacial score (nSPS) is 16.8. The number of fused-ring (bicyclic) bond motifs is 2. The molecule has 0 aromatic heterocycles. The number of halogens is 2. The number of hydrogen-bond donors (Lipinski definition) is 1. The maximum Gasteiger partial charge on any atom is 0.163 e. The molecule has 2 aromatic carbocycles. The van der Waals surface area contributed by atoms with Gasteiger partial charge in [0.05, 0.1) is 12.2 Å². The van der Waals surface area contributed by atoms with Gasteiger partial charge in [0.25, 0.3) is 0 Å². The van der Waals surface area contributed by atoms with Crippen molar-refractivity contribution in [3.63, 3.8) is 0 Å². The largest absolute Gasteiger partial charge is 0.490 e. The number of ether oxygens (including phenoxy) is 1. The van der Waals surface area contributed by atoms with E-state index in [0.29, 0.717) is 25.3 Å². The van der Waals surface area contributed by atoms with Crippen molar-refractivity contribution in [2.24, 2.45) is 0 Å². The molecule has 2 aliphatic rings. The Hall–Kier alpha value is -2.14. The third-order valence-electron chi connectivity index (χ3n) is 4.78. The van der Waals surface area contributed by atoms with Crippen molar-refractivity contribution in [1.29, 1.82) is 0 Å². The summed E-state index contributed by atoms with van der Waals surface area (Å²) in [5.41, 5.74) is 3.98. The molecule has 2 heterocycles. The smallest absolute Gasteiger partial charge is 0.163 e. The Morgan fingerprint density at radius 3 is 2.71 bits per heavy atom. The van der Waals surface area contributed by atoms with E-state index in [2.05, 4.69) is 22.3 Å². The van der Waals surface area contributed by atoms with Gasteiger partial charge in [-0.2, -0.15) is 0 Å². The van der Waals surface area contributed by atoms with Gasteiger partial charge in [-0.25, -0.2) is 8.78 Å². The number of nitrogens with zero attached hydrogens (tertiary/aromatic N) is 1. The highest BCUT2D eigenvalue weighted by Gasteiger charge is 2.22. The van der Waals surface area contributed by atoms with Crippen LogP contribution < -0.4 is 15.0 Å². The van der Waals surface area contributed by atoms with Crippen LogP contribution >= 0.6 is 0 Å². The average molecular weight is 330 g/mol. The summed E-state index contributed by atoms with van der Waals surface area (Å²) in [6, 6.07) is 8.62. The molecule has 3 nitrogen and oxygen atoms in total. The predicted molar refractivity (Wildman–Crippen MR) is 89.6 cm³/mol. The Balaban J connectivity index is 1.68. The topological polar surface area (TPSA) is 24.5 Å². The molecule has 2 aromatic rings. The molecule has 0 fully saturated rings. The van der Waals surface area contributed by atoms with E-state index >= 15 is 0 Å². The van der Waals surface area contributed by atoms with Gasteiger partial charge in [-0.05, 0) is 55.3 Å². The van der Waals surface area contributed by atoms with Crippen molar-refractivity contribution in [2.45, 2.75) is 19.4 Å². The molecule has 0 spiro atoms. The zero-order chi connectivity index (χ0) is 16.5. The summed E-state index contributed by atoms with van der Waals surface area (Å²) in [7, 11) is 0. The van der Waals surface area contributed by atoms with E-state index in [-0.39, 0.29) is 0 Å². The fraction of sp³-hybridized carbons (Fsp3) is 0.368. The van der Waals surface area contributed by atoms with E-state index in [4.69, 9.17) is 4.74 Å². The quantitative estimate of drug-likeness (QED) is 0.916. The van der Waals surface area contributed by atoms with Crippen LogP contribution in [0, 0.1) is 11.6 Å². The van der Waals surface area contributed by atoms with Gasteiger partial charge in [0.2, 0.25) is 0 Å². The van der Waals surface area contributed by atoms with Gasteiger partial charge in [0.1, 0.15) is 12.4 Å². The lowest BCUT2D eigenvalue weighted by Crippen LogP contribution is -2.32. The van der Waals surface area contributed by atoms with Gasteiger partial charge in [-0.1, -0.05) is 12.1 Å². The Bertz CT molecular complexity index is 763. The summed E-state index contributed by atoms with van der Waals surface area (Å²) in [4.78, 5) is 2.08. The van der Waals surface area contributed by atoms with Crippen LogP contribution in [-0.4, -0.2) is 26.2 Å². The minimum atomic E-state index is -0.797. The van der Waals surface area contributed by atoms with Crippen LogP contribution in [0.3, 0.4) is 0 Å². The second-order valence-corrected chi connectivity index (χ2v) is 6.32. The van der Waals surface area contributed by atoms with Crippen molar-refractivity contribution >= 4 is 5.69 Å². The standard InChI is InChI=1S/C19H20F2N2O/c20-16-3-1-2-15(19(16)21)12-23-8-9-24-18-11-14-5-7-22-6-4-13(14)10-17(18)23/h1-3,10-11,22H,4-9,12H2. The van der Waals surface area contributed by atoms with Crippen molar-refractivity contribution in [2.75, 3.05) is 31.1 Å². The van der Waals surface area contributed by atoms with Gasteiger partial charge in [0.15, 0.2) is 11.6 Å². The lowest BCUT2D eigenvalue weighted by atomic mass is 10.00. The van der Waals surface area contributed by atoms with Crippen molar-refractivity contribution < 1.29 is 13.5 Å². The van der Waals surface area contributed by atoms with Crippen molar-refractivity contribution in [1.82, 2.24) is 5.32 Å². The van der Waals surface area contributed by atoms with E-state index in [1.165, 1.54) is 11.1 Å². The molecular weight excluding hydrogens is 310 g/mol. The third-order valence-corrected chi connectivity index (χ3v) is 4.78. The summed E-state index contributed by atoms with van der Waals surface area (Å²) in [6.07, 6.45) is 1.97. The van der Waals surface area contributed by atoms with E-state index in [0.717, 1.165) is 43.4 Å². The molecule has 4 rings (SSSR count). The molecule has 0 bridgehead atoms. The minimum Gasteiger partial charge on any atom is -0.490 e. The maximum absolute atomic E-state index is 14.0. The van der Waals surface area contributed by atoms with Gasteiger partial charge in [-0.3, -0.25) is 0 Å². The number of nitrogens with one attached hydrogen (secondary N) is 1. The third kappa shape index (κ3) is 2.84.